The molecule has 2 rings (SSSR count). The number of nitrogens with one attached hydrogen (secondary N) is 1. The minimum atomic E-state index is -3.75. The molecule has 0 bridgehead atoms. The van der Waals surface area contributed by atoms with Gasteiger partial charge in [-0.25, -0.2) is 13.1 Å². The van der Waals surface area contributed by atoms with Crippen LogP contribution in [0.3, 0.4) is 0 Å². The summed E-state index contributed by atoms with van der Waals surface area (Å²) in [6.07, 6.45) is 4.30. The minimum Gasteiger partial charge on any atom is -0.393 e. The molecule has 7 nitrogen and oxygen atoms in total. The van der Waals surface area contributed by atoms with Crippen molar-refractivity contribution >= 4 is 21.4 Å². The highest BCUT2D eigenvalue weighted by molar-refractivity contribution is 7.89. The second kappa shape index (κ2) is 5.98. The monoisotopic (exact) mass is 313 g/mol. The number of nitrogens with zero attached hydrogens (tertiary/aromatic N) is 1. The van der Waals surface area contributed by atoms with Crippen molar-refractivity contribution in [3.8, 4) is 0 Å². The first-order chi connectivity index (χ1) is 9.81. The Morgan fingerprint density at radius 1 is 1.43 bits per heavy atom. The third-order valence-electron chi connectivity index (χ3n) is 3.88. The van der Waals surface area contributed by atoms with E-state index in [2.05, 4.69) is 4.72 Å². The lowest BCUT2D eigenvalue weighted by molar-refractivity contribution is -0.384. The predicted molar refractivity (Wildman–Crippen MR) is 79.4 cm³/mol. The van der Waals surface area contributed by atoms with Gasteiger partial charge in [0, 0.05) is 12.6 Å². The highest BCUT2D eigenvalue weighted by atomic mass is 32.2. The van der Waals surface area contributed by atoms with Crippen LogP contribution in [0.25, 0.3) is 0 Å². The highest BCUT2D eigenvalue weighted by Crippen LogP contribution is 2.30. The summed E-state index contributed by atoms with van der Waals surface area (Å²) in [7, 11) is -3.75. The van der Waals surface area contributed by atoms with Gasteiger partial charge in [-0.15, -0.1) is 0 Å². The van der Waals surface area contributed by atoms with E-state index in [1.54, 1.807) is 6.92 Å². The molecular weight excluding hydrogens is 294 g/mol. The van der Waals surface area contributed by atoms with Gasteiger partial charge in [0.1, 0.15) is 5.69 Å². The number of nitrogens with two attached hydrogens (primary N) is 1. The molecule has 0 amide bonds. The van der Waals surface area contributed by atoms with Gasteiger partial charge in [0.15, 0.2) is 0 Å². The first-order valence-electron chi connectivity index (χ1n) is 6.85. The summed E-state index contributed by atoms with van der Waals surface area (Å²) in [5.74, 6) is 0.592. The number of rotatable bonds is 6. The summed E-state index contributed by atoms with van der Waals surface area (Å²) in [6, 6.07) is 2.34. The molecule has 0 heterocycles. The number of nitro groups is 1. The zero-order chi connectivity index (χ0) is 15.6. The van der Waals surface area contributed by atoms with Crippen LogP contribution in [-0.2, 0) is 10.0 Å². The van der Waals surface area contributed by atoms with E-state index in [9.17, 15) is 18.5 Å². The molecule has 0 unspecified atom stereocenters. The molecule has 21 heavy (non-hydrogen) atoms. The van der Waals surface area contributed by atoms with Gasteiger partial charge < -0.3 is 5.73 Å². The van der Waals surface area contributed by atoms with Gasteiger partial charge in [0.25, 0.3) is 5.69 Å². The highest BCUT2D eigenvalue weighted by Gasteiger charge is 2.24. The molecule has 116 valence electrons. The molecule has 1 aliphatic carbocycles. The predicted octanol–water partition coefficient (Wildman–Crippen LogP) is 1.95. The molecule has 1 aromatic rings. The second-order valence-electron chi connectivity index (χ2n) is 5.42. The maximum atomic E-state index is 12.3. The third kappa shape index (κ3) is 3.51. The summed E-state index contributed by atoms with van der Waals surface area (Å²) in [5.41, 5.74) is 5.52. The normalized spacial score (nSPS) is 15.7. The van der Waals surface area contributed by atoms with Crippen LogP contribution in [0.15, 0.2) is 17.0 Å². The van der Waals surface area contributed by atoms with E-state index < -0.39 is 14.9 Å². The van der Waals surface area contributed by atoms with Gasteiger partial charge in [0.05, 0.1) is 9.82 Å². The number of anilines is 1. The molecule has 0 atom stereocenters. The van der Waals surface area contributed by atoms with Crippen molar-refractivity contribution in [3.05, 3.63) is 27.8 Å². The Bertz CT molecular complexity index is 654. The lowest BCUT2D eigenvalue weighted by atomic mass is 9.83. The van der Waals surface area contributed by atoms with Crippen molar-refractivity contribution in [2.24, 2.45) is 5.92 Å². The number of aryl methyl sites for hydroxylation is 1. The third-order valence-corrected chi connectivity index (χ3v) is 5.48. The van der Waals surface area contributed by atoms with E-state index in [0.29, 0.717) is 18.0 Å². The molecule has 0 aliphatic heterocycles. The van der Waals surface area contributed by atoms with Crippen LogP contribution in [-0.4, -0.2) is 19.9 Å². The molecular formula is C13H19N3O4S. The maximum absolute atomic E-state index is 12.3. The lowest BCUT2D eigenvalue weighted by Crippen LogP contribution is -2.28. The Labute approximate surface area is 123 Å². The summed E-state index contributed by atoms with van der Waals surface area (Å²) < 4.78 is 27.0. The molecule has 1 saturated carbocycles. The second-order valence-corrected chi connectivity index (χ2v) is 7.15. The fraction of sp³-hybridized carbons (Fsp3) is 0.538. The van der Waals surface area contributed by atoms with Crippen molar-refractivity contribution in [1.82, 2.24) is 4.72 Å². The molecule has 1 fully saturated rings. The molecule has 1 aromatic carbocycles. The van der Waals surface area contributed by atoms with Gasteiger partial charge in [-0.2, -0.15) is 0 Å². The number of hydrogen-bond acceptors (Lipinski definition) is 5. The van der Waals surface area contributed by atoms with E-state index in [-0.39, 0.29) is 16.3 Å². The van der Waals surface area contributed by atoms with Crippen LogP contribution in [0.4, 0.5) is 11.4 Å². The number of benzene rings is 1. The lowest BCUT2D eigenvalue weighted by Gasteiger charge is -2.25. The molecule has 0 saturated heterocycles. The average molecular weight is 313 g/mol. The molecule has 3 N–H and O–H groups in total. The summed E-state index contributed by atoms with van der Waals surface area (Å²) in [4.78, 5) is 10.1. The SMILES string of the molecule is Cc1cc(N)c([N+](=O)[O-])cc1S(=O)(=O)NCCC1CCC1. The number of nitro benzene ring substituents is 1. The fourth-order valence-electron chi connectivity index (χ4n) is 2.40. The largest absolute Gasteiger partial charge is 0.393 e. The number of sulfonamides is 1. The molecule has 0 spiro atoms. The quantitative estimate of drug-likeness (QED) is 0.473. The average Bonchev–Trinajstić information content (AvgIpc) is 2.31. The van der Waals surface area contributed by atoms with E-state index >= 15 is 0 Å². The standard InChI is InChI=1S/C13H19N3O4S/c1-9-7-11(14)12(16(17)18)8-13(9)21(19,20)15-6-5-10-3-2-4-10/h7-8,10,15H,2-6,14H2,1H3. The van der Waals surface area contributed by atoms with Crippen molar-refractivity contribution in [1.29, 1.82) is 0 Å². The van der Waals surface area contributed by atoms with Crippen LogP contribution in [0.2, 0.25) is 0 Å². The number of hydrogen-bond donors (Lipinski definition) is 2. The van der Waals surface area contributed by atoms with Crippen LogP contribution in [0.1, 0.15) is 31.2 Å². The fourth-order valence-corrected chi connectivity index (χ4v) is 3.70. The summed E-state index contributed by atoms with van der Waals surface area (Å²) in [6.45, 7) is 1.92. The first kappa shape index (κ1) is 15.7. The van der Waals surface area contributed by atoms with Crippen molar-refractivity contribution in [2.45, 2.75) is 37.5 Å². The van der Waals surface area contributed by atoms with E-state index in [4.69, 9.17) is 5.73 Å². The van der Waals surface area contributed by atoms with Crippen LogP contribution < -0.4 is 10.5 Å². The Balaban J connectivity index is 2.17. The Kier molecular flexibility index (Phi) is 4.48. The van der Waals surface area contributed by atoms with Crippen LogP contribution >= 0.6 is 0 Å². The van der Waals surface area contributed by atoms with Gasteiger partial charge in [-0.05, 0) is 30.9 Å². The van der Waals surface area contributed by atoms with Gasteiger partial charge in [0.2, 0.25) is 10.0 Å². The molecule has 0 radical (unpaired) electrons. The van der Waals surface area contributed by atoms with E-state index in [1.165, 1.54) is 12.5 Å². The van der Waals surface area contributed by atoms with Gasteiger partial charge >= 0.3 is 0 Å². The topological polar surface area (TPSA) is 115 Å². The van der Waals surface area contributed by atoms with Crippen molar-refractivity contribution in [3.63, 3.8) is 0 Å². The zero-order valence-corrected chi connectivity index (χ0v) is 12.6. The van der Waals surface area contributed by atoms with E-state index in [1.807, 2.05) is 0 Å². The van der Waals surface area contributed by atoms with Crippen LogP contribution in [0.5, 0.6) is 0 Å². The van der Waals surface area contributed by atoms with Gasteiger partial charge in [-0.3, -0.25) is 10.1 Å². The smallest absolute Gasteiger partial charge is 0.293 e. The van der Waals surface area contributed by atoms with Crippen molar-refractivity contribution in [2.75, 3.05) is 12.3 Å². The first-order valence-corrected chi connectivity index (χ1v) is 8.34. The summed E-state index contributed by atoms with van der Waals surface area (Å²) >= 11 is 0. The molecule has 8 heteroatoms. The maximum Gasteiger partial charge on any atom is 0.293 e. The number of nitrogen functional groups attached to an aromatic ring is 1. The van der Waals surface area contributed by atoms with Crippen LogP contribution in [0, 0.1) is 23.0 Å². The van der Waals surface area contributed by atoms with Gasteiger partial charge in [-0.1, -0.05) is 19.3 Å². The zero-order valence-electron chi connectivity index (χ0n) is 11.8. The molecule has 1 aliphatic rings. The molecule has 0 aromatic heterocycles. The Hall–Kier alpha value is -1.67. The van der Waals surface area contributed by atoms with E-state index in [0.717, 1.165) is 25.3 Å². The van der Waals surface area contributed by atoms with Crippen molar-refractivity contribution < 1.29 is 13.3 Å². The summed E-state index contributed by atoms with van der Waals surface area (Å²) in [5, 5.41) is 10.9. The Morgan fingerprint density at radius 3 is 2.62 bits per heavy atom. The Morgan fingerprint density at radius 2 is 2.10 bits per heavy atom. The minimum absolute atomic E-state index is 0.0362.